The van der Waals surface area contributed by atoms with Gasteiger partial charge in [0.25, 0.3) is 0 Å². The normalized spacial score (nSPS) is 16.4. The summed E-state index contributed by atoms with van der Waals surface area (Å²) in [5.41, 5.74) is 2.55. The Morgan fingerprint density at radius 1 is 1.00 bits per heavy atom. The fraction of sp³-hybridized carbons (Fsp3) is 0.355. The van der Waals surface area contributed by atoms with Crippen molar-refractivity contribution in [2.24, 2.45) is 0 Å². The molecule has 0 aromatic heterocycles. The molecule has 212 valence electrons. The van der Waals surface area contributed by atoms with Gasteiger partial charge in [-0.1, -0.05) is 49.4 Å². The maximum absolute atomic E-state index is 13.9. The molecule has 0 radical (unpaired) electrons. The largest absolute Gasteiger partial charge is 0.415 e. The summed E-state index contributed by atoms with van der Waals surface area (Å²) in [4.78, 5) is 27.6. The lowest BCUT2D eigenvalue weighted by atomic mass is 9.99. The summed E-state index contributed by atoms with van der Waals surface area (Å²) < 4.78 is 33.2. The third-order valence-corrected chi connectivity index (χ3v) is 6.99. The Hall–Kier alpha value is -3.82. The fourth-order valence-corrected chi connectivity index (χ4v) is 4.92. The second-order valence-corrected chi connectivity index (χ2v) is 10.0. The molecule has 3 aromatic carbocycles. The predicted octanol–water partition coefficient (Wildman–Crippen LogP) is 4.37. The van der Waals surface area contributed by atoms with E-state index in [1.165, 1.54) is 22.6 Å². The number of carbonyl (C=O) groups excluding carboxylic acids is 2. The predicted molar refractivity (Wildman–Crippen MR) is 148 cm³/mol. The monoisotopic (exact) mass is 551 g/mol. The molecule has 9 heteroatoms. The third kappa shape index (κ3) is 8.09. The number of benzene rings is 3. The van der Waals surface area contributed by atoms with Gasteiger partial charge in [-0.15, -0.1) is 0 Å². The molecule has 0 bridgehead atoms. The second kappa shape index (κ2) is 14.0. The first-order chi connectivity index (χ1) is 19.3. The first-order valence-electron chi connectivity index (χ1n) is 13.6. The number of nitrogens with one attached hydrogen (secondary N) is 2. The van der Waals surface area contributed by atoms with Crippen molar-refractivity contribution in [2.45, 2.75) is 57.3 Å². The highest BCUT2D eigenvalue weighted by atomic mass is 19.1. The van der Waals surface area contributed by atoms with Crippen molar-refractivity contribution in [2.75, 3.05) is 13.1 Å². The van der Waals surface area contributed by atoms with Gasteiger partial charge in [0.15, 0.2) is 0 Å². The highest BCUT2D eigenvalue weighted by Gasteiger charge is 2.37. The Balaban J connectivity index is 1.43. The number of carbonyl (C=O) groups is 2. The van der Waals surface area contributed by atoms with E-state index in [1.54, 1.807) is 30.3 Å². The van der Waals surface area contributed by atoms with Crippen molar-refractivity contribution < 1.29 is 28.2 Å². The number of halogens is 2. The summed E-state index contributed by atoms with van der Waals surface area (Å²) in [6.45, 7) is 3.06. The molecule has 1 heterocycles. The summed E-state index contributed by atoms with van der Waals surface area (Å²) >= 11 is 0. The Bertz CT molecular complexity index is 1270. The molecular formula is C31H35F2N3O4. The topological polar surface area (TPSA) is 90.9 Å². The number of amides is 2. The lowest BCUT2D eigenvalue weighted by molar-refractivity contribution is -0.126. The van der Waals surface area contributed by atoms with Gasteiger partial charge in [0.1, 0.15) is 23.4 Å². The lowest BCUT2D eigenvalue weighted by Gasteiger charge is -2.29. The van der Waals surface area contributed by atoms with Crippen molar-refractivity contribution >= 4 is 12.0 Å². The van der Waals surface area contributed by atoms with Gasteiger partial charge in [-0.2, -0.15) is 0 Å². The summed E-state index contributed by atoms with van der Waals surface area (Å²) in [7, 11) is 0. The molecule has 0 spiro atoms. The standard InChI is InChI=1S/C31H35F2N3O4/c1-2-21-8-6-9-22(14-21)19-34-20-29(37)27(17-23-15-24(32)18-25(33)16-23)35-30(38)28-12-7-13-36(28)31(39)40-26-10-4-3-5-11-26/h3-6,8-11,14-16,18,27-29,34,37H,2,7,12-13,17,19-20H2,1H3,(H,35,38)/t27-,28?,29+/m0/s1. The molecule has 1 unspecified atom stereocenters. The molecule has 1 fully saturated rings. The SMILES string of the molecule is CCc1cccc(CNC[C@@H](O)[C@H](Cc2cc(F)cc(F)c2)NC(=O)C2CCCN2C(=O)Oc2ccccc2)c1. The molecule has 3 N–H and O–H groups in total. The zero-order valence-electron chi connectivity index (χ0n) is 22.5. The highest BCUT2D eigenvalue weighted by molar-refractivity contribution is 5.87. The molecular weight excluding hydrogens is 516 g/mol. The number of rotatable bonds is 11. The van der Waals surface area contributed by atoms with Crippen LogP contribution in [0.1, 0.15) is 36.5 Å². The average Bonchev–Trinajstić information content (AvgIpc) is 3.43. The Morgan fingerprint density at radius 3 is 2.45 bits per heavy atom. The van der Waals surface area contributed by atoms with Crippen molar-refractivity contribution in [1.29, 1.82) is 0 Å². The number of aliphatic hydroxyl groups is 1. The Kier molecular flexibility index (Phi) is 10.2. The van der Waals surface area contributed by atoms with Crippen LogP contribution in [0.2, 0.25) is 0 Å². The molecule has 7 nitrogen and oxygen atoms in total. The van der Waals surface area contributed by atoms with Crippen LogP contribution in [0.3, 0.4) is 0 Å². The van der Waals surface area contributed by atoms with Gasteiger partial charge >= 0.3 is 6.09 Å². The Labute approximate surface area is 233 Å². The molecule has 40 heavy (non-hydrogen) atoms. The van der Waals surface area contributed by atoms with Crippen LogP contribution in [-0.4, -0.2) is 53.3 Å². The van der Waals surface area contributed by atoms with Crippen LogP contribution in [-0.2, 0) is 24.2 Å². The van der Waals surface area contributed by atoms with Crippen LogP contribution in [0.4, 0.5) is 13.6 Å². The van der Waals surface area contributed by atoms with Gasteiger partial charge in [0, 0.05) is 25.7 Å². The van der Waals surface area contributed by atoms with Crippen LogP contribution in [0.5, 0.6) is 5.75 Å². The van der Waals surface area contributed by atoms with E-state index in [0.717, 1.165) is 18.1 Å². The van der Waals surface area contributed by atoms with E-state index >= 15 is 0 Å². The number of para-hydroxylation sites is 1. The maximum Gasteiger partial charge on any atom is 0.415 e. The van der Waals surface area contributed by atoms with Crippen molar-refractivity contribution in [3.63, 3.8) is 0 Å². The minimum absolute atomic E-state index is 0.00420. The van der Waals surface area contributed by atoms with Crippen molar-refractivity contribution in [3.05, 3.63) is 101 Å². The fourth-order valence-electron chi connectivity index (χ4n) is 4.92. The van der Waals surface area contributed by atoms with Gasteiger partial charge < -0.3 is 20.5 Å². The molecule has 0 aliphatic carbocycles. The van der Waals surface area contributed by atoms with Crippen LogP contribution in [0.25, 0.3) is 0 Å². The minimum atomic E-state index is -1.07. The van der Waals surface area contributed by atoms with Crippen LogP contribution in [0, 0.1) is 11.6 Å². The van der Waals surface area contributed by atoms with Crippen molar-refractivity contribution in [3.8, 4) is 5.75 Å². The number of aliphatic hydroxyl groups excluding tert-OH is 1. The number of hydrogen-bond acceptors (Lipinski definition) is 5. The first-order valence-corrected chi connectivity index (χ1v) is 13.6. The number of likely N-dealkylation sites (tertiary alicyclic amines) is 1. The summed E-state index contributed by atoms with van der Waals surface area (Å²) in [5.74, 6) is -1.57. The van der Waals surface area contributed by atoms with Gasteiger partial charge in [0.2, 0.25) is 5.91 Å². The zero-order chi connectivity index (χ0) is 28.5. The minimum Gasteiger partial charge on any atom is -0.410 e. The summed E-state index contributed by atoms with van der Waals surface area (Å²) in [5, 5.41) is 17.1. The van der Waals surface area contributed by atoms with E-state index in [9.17, 15) is 23.5 Å². The Morgan fingerprint density at radius 2 is 1.73 bits per heavy atom. The van der Waals surface area contributed by atoms with E-state index in [0.29, 0.717) is 37.2 Å². The number of hydrogen-bond donors (Lipinski definition) is 3. The number of nitrogens with zero attached hydrogens (tertiary/aromatic N) is 1. The highest BCUT2D eigenvalue weighted by Crippen LogP contribution is 2.21. The molecule has 4 rings (SSSR count). The smallest absolute Gasteiger partial charge is 0.410 e. The van der Waals surface area contributed by atoms with Gasteiger partial charge in [0.05, 0.1) is 12.1 Å². The molecule has 2 amide bonds. The summed E-state index contributed by atoms with van der Waals surface area (Å²) in [6, 6.07) is 18.1. The third-order valence-electron chi connectivity index (χ3n) is 6.99. The first kappa shape index (κ1) is 29.2. The van der Waals surface area contributed by atoms with E-state index in [4.69, 9.17) is 4.74 Å². The van der Waals surface area contributed by atoms with Gasteiger partial charge in [-0.05, 0) is 66.6 Å². The lowest BCUT2D eigenvalue weighted by Crippen LogP contribution is -2.54. The molecule has 0 saturated carbocycles. The van der Waals surface area contributed by atoms with E-state index in [2.05, 4.69) is 23.6 Å². The van der Waals surface area contributed by atoms with Crippen LogP contribution >= 0.6 is 0 Å². The number of ether oxygens (including phenoxy) is 1. The molecule has 1 saturated heterocycles. The van der Waals surface area contributed by atoms with Crippen molar-refractivity contribution in [1.82, 2.24) is 15.5 Å². The quantitative estimate of drug-likeness (QED) is 0.329. The molecule has 3 aromatic rings. The molecule has 1 aliphatic heterocycles. The molecule has 3 atom stereocenters. The van der Waals surface area contributed by atoms with Gasteiger partial charge in [-0.25, -0.2) is 13.6 Å². The van der Waals surface area contributed by atoms with E-state index in [-0.39, 0.29) is 13.0 Å². The second-order valence-electron chi connectivity index (χ2n) is 10.0. The van der Waals surface area contributed by atoms with Crippen LogP contribution in [0.15, 0.2) is 72.8 Å². The van der Waals surface area contributed by atoms with Crippen LogP contribution < -0.4 is 15.4 Å². The summed E-state index contributed by atoms with van der Waals surface area (Å²) in [6.07, 6.45) is 0.239. The molecule has 1 aliphatic rings. The van der Waals surface area contributed by atoms with E-state index in [1.807, 2.05) is 18.2 Å². The average molecular weight is 552 g/mol. The number of aryl methyl sites for hydroxylation is 1. The maximum atomic E-state index is 13.9. The van der Waals surface area contributed by atoms with Gasteiger partial charge in [-0.3, -0.25) is 9.69 Å². The zero-order valence-corrected chi connectivity index (χ0v) is 22.5. The van der Waals surface area contributed by atoms with E-state index < -0.39 is 41.8 Å².